The fraction of sp³-hybridized carbons (Fsp3) is 0.222. The third-order valence-electron chi connectivity index (χ3n) is 1.71. The summed E-state index contributed by atoms with van der Waals surface area (Å²) >= 11 is 0. The van der Waals surface area contributed by atoms with Crippen LogP contribution >= 0.6 is 0 Å². The van der Waals surface area contributed by atoms with Crippen LogP contribution in [0.5, 0.6) is 5.75 Å². The Morgan fingerprint density at radius 1 is 1.50 bits per heavy atom. The number of hydrogen-bond donors (Lipinski definition) is 2. The minimum Gasteiger partial charge on any atom is -0.497 e. The molecule has 0 bridgehead atoms. The van der Waals surface area contributed by atoms with Gasteiger partial charge in [0.25, 0.3) is 5.91 Å². The highest BCUT2D eigenvalue weighted by molar-refractivity contribution is 5.76. The topological polar surface area (TPSA) is 70.0 Å². The van der Waals surface area contributed by atoms with Crippen LogP contribution in [0.2, 0.25) is 0 Å². The van der Waals surface area contributed by atoms with Crippen LogP contribution in [0.4, 0.5) is 0 Å². The van der Waals surface area contributed by atoms with Crippen molar-refractivity contribution in [2.75, 3.05) is 7.11 Å². The van der Waals surface area contributed by atoms with Crippen molar-refractivity contribution in [2.24, 2.45) is 0 Å². The lowest BCUT2D eigenvalue weighted by Crippen LogP contribution is -2.24. The van der Waals surface area contributed by atoms with Gasteiger partial charge < -0.3 is 4.74 Å². The van der Waals surface area contributed by atoms with Crippen molar-refractivity contribution in [3.63, 3.8) is 0 Å². The van der Waals surface area contributed by atoms with Gasteiger partial charge in [0, 0.05) is 0 Å². The van der Waals surface area contributed by atoms with E-state index in [1.807, 2.05) is 0 Å². The van der Waals surface area contributed by atoms with Crippen LogP contribution in [-0.2, 0) is 11.2 Å². The molecule has 0 unspecified atom stereocenters. The fourth-order valence-electron chi connectivity index (χ4n) is 1.03. The number of amides is 1. The molecule has 0 saturated heterocycles. The first-order valence-electron chi connectivity index (χ1n) is 3.97. The monoisotopic (exact) mass is 197 g/mol. The highest BCUT2D eigenvalue weighted by Gasteiger charge is 2.09. The van der Waals surface area contributed by atoms with Gasteiger partial charge in [-0.15, -0.1) is 0 Å². The van der Waals surface area contributed by atoms with Gasteiger partial charge in [-0.3, -0.25) is 15.2 Å². The lowest BCUT2D eigenvalue weighted by molar-refractivity contribution is -0.284. The molecule has 1 aromatic carbocycles. The van der Waals surface area contributed by atoms with E-state index in [1.165, 1.54) is 7.11 Å². The van der Waals surface area contributed by atoms with Gasteiger partial charge >= 0.3 is 0 Å². The summed E-state index contributed by atoms with van der Waals surface area (Å²) in [6.07, 6.45) is -0.0792. The standard InChI is InChI=1S/C9H11NO4/c1-14-8-4-2-3-7(5-8)6-9(11)10(12)13/h2-5,12-13H,6H2,1H3. The summed E-state index contributed by atoms with van der Waals surface area (Å²) in [6, 6.07) is 6.81. The van der Waals surface area contributed by atoms with Crippen LogP contribution in [0.1, 0.15) is 5.56 Å². The quantitative estimate of drug-likeness (QED) is 0.556. The number of rotatable bonds is 3. The maximum absolute atomic E-state index is 10.9. The number of hydrogen-bond acceptors (Lipinski definition) is 4. The summed E-state index contributed by atoms with van der Waals surface area (Å²) in [5, 5.41) is 16.4. The van der Waals surface area contributed by atoms with E-state index >= 15 is 0 Å². The third kappa shape index (κ3) is 2.72. The Morgan fingerprint density at radius 3 is 2.79 bits per heavy atom. The van der Waals surface area contributed by atoms with Gasteiger partial charge in [-0.2, -0.15) is 0 Å². The predicted octanol–water partition coefficient (Wildman–Crippen LogP) is 0.845. The lowest BCUT2D eigenvalue weighted by atomic mass is 10.1. The molecule has 1 rings (SSSR count). The highest BCUT2D eigenvalue weighted by atomic mass is 16.8. The number of carbonyl (C=O) groups is 1. The molecule has 2 N–H and O–H groups in total. The summed E-state index contributed by atoms with van der Waals surface area (Å²) in [7, 11) is 1.52. The number of benzene rings is 1. The zero-order valence-corrected chi connectivity index (χ0v) is 7.67. The smallest absolute Gasteiger partial charge is 0.277 e. The van der Waals surface area contributed by atoms with Crippen LogP contribution in [-0.4, -0.2) is 28.7 Å². The van der Waals surface area contributed by atoms with E-state index in [0.29, 0.717) is 11.3 Å². The Hall–Kier alpha value is -1.59. The van der Waals surface area contributed by atoms with E-state index in [9.17, 15) is 4.79 Å². The minimum atomic E-state index is -0.793. The van der Waals surface area contributed by atoms with Crippen molar-refractivity contribution in [3.8, 4) is 5.75 Å². The van der Waals surface area contributed by atoms with E-state index in [4.69, 9.17) is 15.2 Å². The molecule has 0 heterocycles. The maximum atomic E-state index is 10.9. The molecule has 0 spiro atoms. The van der Waals surface area contributed by atoms with E-state index in [0.717, 1.165) is 0 Å². The van der Waals surface area contributed by atoms with Gasteiger partial charge in [0.2, 0.25) is 0 Å². The molecule has 0 radical (unpaired) electrons. The van der Waals surface area contributed by atoms with Crippen molar-refractivity contribution in [1.82, 2.24) is 5.23 Å². The normalized spacial score (nSPS) is 9.64. The molecule has 0 aromatic heterocycles. The van der Waals surface area contributed by atoms with Crippen LogP contribution in [0.25, 0.3) is 0 Å². The van der Waals surface area contributed by atoms with Gasteiger partial charge in [-0.1, -0.05) is 17.4 Å². The molecule has 5 nitrogen and oxygen atoms in total. The minimum absolute atomic E-state index is 0.0792. The maximum Gasteiger partial charge on any atom is 0.277 e. The zero-order chi connectivity index (χ0) is 10.6. The predicted molar refractivity (Wildman–Crippen MR) is 47.1 cm³/mol. The summed E-state index contributed by atoms with van der Waals surface area (Å²) in [5.74, 6) is -0.170. The summed E-state index contributed by atoms with van der Waals surface area (Å²) < 4.78 is 4.95. The summed E-state index contributed by atoms with van der Waals surface area (Å²) in [4.78, 5) is 10.9. The van der Waals surface area contributed by atoms with Crippen molar-refractivity contribution in [2.45, 2.75) is 6.42 Å². The Morgan fingerprint density at radius 2 is 2.21 bits per heavy atom. The van der Waals surface area contributed by atoms with Gasteiger partial charge in [-0.25, -0.2) is 0 Å². The second-order valence-corrected chi connectivity index (χ2v) is 2.71. The molecular formula is C9H11NO4. The second-order valence-electron chi connectivity index (χ2n) is 2.71. The van der Waals surface area contributed by atoms with Gasteiger partial charge in [0.15, 0.2) is 0 Å². The van der Waals surface area contributed by atoms with Crippen LogP contribution in [0.15, 0.2) is 24.3 Å². The van der Waals surface area contributed by atoms with Crippen molar-refractivity contribution in [3.05, 3.63) is 29.8 Å². The van der Waals surface area contributed by atoms with E-state index < -0.39 is 11.1 Å². The number of carbonyl (C=O) groups excluding carboxylic acids is 1. The molecule has 1 amide bonds. The Labute approximate surface area is 81.1 Å². The molecule has 0 aliphatic rings. The Balaban J connectivity index is 2.72. The number of hydroxylamine groups is 2. The van der Waals surface area contributed by atoms with Crippen molar-refractivity contribution < 1.29 is 19.9 Å². The first-order valence-corrected chi connectivity index (χ1v) is 3.97. The van der Waals surface area contributed by atoms with Crippen LogP contribution < -0.4 is 4.74 Å². The van der Waals surface area contributed by atoms with Crippen molar-refractivity contribution in [1.29, 1.82) is 0 Å². The van der Waals surface area contributed by atoms with E-state index in [1.54, 1.807) is 24.3 Å². The average molecular weight is 197 g/mol. The fourth-order valence-corrected chi connectivity index (χ4v) is 1.03. The van der Waals surface area contributed by atoms with Gasteiger partial charge in [0.05, 0.1) is 13.5 Å². The molecular weight excluding hydrogens is 186 g/mol. The third-order valence-corrected chi connectivity index (χ3v) is 1.71. The highest BCUT2D eigenvalue weighted by Crippen LogP contribution is 2.13. The molecule has 0 fully saturated rings. The lowest BCUT2D eigenvalue weighted by Gasteiger charge is -2.06. The summed E-state index contributed by atoms with van der Waals surface area (Å²) in [6.45, 7) is 0. The van der Waals surface area contributed by atoms with Gasteiger partial charge in [-0.05, 0) is 17.7 Å². The van der Waals surface area contributed by atoms with Crippen LogP contribution in [0.3, 0.4) is 0 Å². The van der Waals surface area contributed by atoms with Crippen molar-refractivity contribution >= 4 is 5.91 Å². The molecule has 76 valence electrons. The van der Waals surface area contributed by atoms with Crippen LogP contribution in [0, 0.1) is 0 Å². The Kier molecular flexibility index (Phi) is 3.44. The van der Waals surface area contributed by atoms with Gasteiger partial charge in [0.1, 0.15) is 5.75 Å². The summed E-state index contributed by atoms with van der Waals surface area (Å²) in [5.41, 5.74) is 0.655. The molecule has 0 atom stereocenters. The molecule has 14 heavy (non-hydrogen) atoms. The number of nitrogens with zero attached hydrogens (tertiary/aromatic N) is 1. The largest absolute Gasteiger partial charge is 0.497 e. The first-order chi connectivity index (χ1) is 6.63. The second kappa shape index (κ2) is 4.59. The molecule has 5 heteroatoms. The number of ether oxygens (including phenoxy) is 1. The zero-order valence-electron chi connectivity index (χ0n) is 7.67. The molecule has 0 aliphatic heterocycles. The first kappa shape index (κ1) is 10.5. The van der Waals surface area contributed by atoms with E-state index in [-0.39, 0.29) is 6.42 Å². The molecule has 0 saturated carbocycles. The number of methoxy groups -OCH3 is 1. The Bertz CT molecular complexity index is 324. The SMILES string of the molecule is COc1cccc(CC(=O)N(O)O)c1. The molecule has 0 aliphatic carbocycles. The van der Waals surface area contributed by atoms with E-state index in [2.05, 4.69) is 0 Å². The average Bonchev–Trinajstić information content (AvgIpc) is 2.18. The molecule has 1 aromatic rings.